The number of rotatable bonds is 6. The van der Waals surface area contributed by atoms with Gasteiger partial charge in [0, 0.05) is 6.07 Å². The lowest BCUT2D eigenvalue weighted by atomic mass is 10.3. The number of aromatic hydroxyl groups is 1. The Kier molecular flexibility index (Phi) is 4.31. The summed E-state index contributed by atoms with van der Waals surface area (Å²) in [6.45, 7) is 2.20. The van der Waals surface area contributed by atoms with Crippen molar-refractivity contribution >= 4 is 10.0 Å². The molecule has 0 saturated heterocycles. The molecule has 1 aromatic heterocycles. The lowest BCUT2D eigenvalue weighted by molar-refractivity contribution is 0.317. The van der Waals surface area contributed by atoms with Gasteiger partial charge in [0.2, 0.25) is 10.0 Å². The first-order valence-electron chi connectivity index (χ1n) is 6.01. The molecule has 7 heteroatoms. The standard InChI is InChI=1S/C13H15NO5S/c1-2-18-13-6-5-11(8-12(13)15)20(16,17)14-9-10-4-3-7-19-10/h3-8,14-15H,2,9H2,1H3. The Balaban J connectivity index is 2.14. The smallest absolute Gasteiger partial charge is 0.241 e. The molecule has 0 aliphatic carbocycles. The average molecular weight is 297 g/mol. The zero-order valence-corrected chi connectivity index (χ0v) is 11.7. The number of phenols is 1. The number of hydrogen-bond acceptors (Lipinski definition) is 5. The summed E-state index contributed by atoms with van der Waals surface area (Å²) >= 11 is 0. The molecule has 0 radical (unpaired) electrons. The van der Waals surface area contributed by atoms with E-state index in [0.717, 1.165) is 6.07 Å². The maximum atomic E-state index is 12.0. The van der Waals surface area contributed by atoms with Crippen LogP contribution < -0.4 is 9.46 Å². The van der Waals surface area contributed by atoms with Crippen LogP contribution in [-0.4, -0.2) is 20.1 Å². The van der Waals surface area contributed by atoms with Gasteiger partial charge in [-0.2, -0.15) is 0 Å². The number of phenolic OH excluding ortho intramolecular Hbond substituents is 1. The van der Waals surface area contributed by atoms with E-state index < -0.39 is 10.0 Å². The van der Waals surface area contributed by atoms with Crippen molar-refractivity contribution in [1.29, 1.82) is 0 Å². The molecule has 0 fully saturated rings. The van der Waals surface area contributed by atoms with Gasteiger partial charge in [-0.25, -0.2) is 13.1 Å². The maximum Gasteiger partial charge on any atom is 0.241 e. The van der Waals surface area contributed by atoms with Crippen molar-refractivity contribution in [1.82, 2.24) is 4.72 Å². The Morgan fingerprint density at radius 3 is 2.75 bits per heavy atom. The first-order chi connectivity index (χ1) is 9.53. The Morgan fingerprint density at radius 1 is 1.35 bits per heavy atom. The number of hydrogen-bond donors (Lipinski definition) is 2. The van der Waals surface area contributed by atoms with Crippen molar-refractivity contribution < 1.29 is 22.7 Å². The fraction of sp³-hybridized carbons (Fsp3) is 0.231. The number of ether oxygens (including phenoxy) is 1. The lowest BCUT2D eigenvalue weighted by Gasteiger charge is -2.09. The Bertz CT molecular complexity index is 664. The monoisotopic (exact) mass is 297 g/mol. The van der Waals surface area contributed by atoms with Crippen LogP contribution in [0.25, 0.3) is 0 Å². The molecule has 0 atom stereocenters. The van der Waals surface area contributed by atoms with Crippen molar-refractivity contribution in [3.8, 4) is 11.5 Å². The largest absolute Gasteiger partial charge is 0.504 e. The van der Waals surface area contributed by atoms with Crippen LogP contribution >= 0.6 is 0 Å². The SMILES string of the molecule is CCOc1ccc(S(=O)(=O)NCc2ccco2)cc1O. The summed E-state index contributed by atoms with van der Waals surface area (Å²) in [7, 11) is -3.72. The van der Waals surface area contributed by atoms with Crippen molar-refractivity contribution in [2.24, 2.45) is 0 Å². The van der Waals surface area contributed by atoms with E-state index >= 15 is 0 Å². The molecule has 2 N–H and O–H groups in total. The van der Waals surface area contributed by atoms with Crippen LogP contribution in [-0.2, 0) is 16.6 Å². The quantitative estimate of drug-likeness (QED) is 0.849. The fourth-order valence-corrected chi connectivity index (χ4v) is 2.62. The third-order valence-electron chi connectivity index (χ3n) is 2.56. The Hall–Kier alpha value is -1.99. The van der Waals surface area contributed by atoms with Crippen molar-refractivity contribution in [2.45, 2.75) is 18.4 Å². The molecule has 6 nitrogen and oxygen atoms in total. The van der Waals surface area contributed by atoms with Gasteiger partial charge < -0.3 is 14.3 Å². The molecular formula is C13H15NO5S. The minimum Gasteiger partial charge on any atom is -0.504 e. The molecule has 0 aliphatic rings. The summed E-state index contributed by atoms with van der Waals surface area (Å²) in [6.07, 6.45) is 1.46. The second-order valence-electron chi connectivity index (χ2n) is 3.97. The topological polar surface area (TPSA) is 88.8 Å². The van der Waals surface area contributed by atoms with Gasteiger partial charge in [0.05, 0.1) is 24.3 Å². The molecule has 1 heterocycles. The highest BCUT2D eigenvalue weighted by Gasteiger charge is 2.16. The highest BCUT2D eigenvalue weighted by molar-refractivity contribution is 7.89. The zero-order chi connectivity index (χ0) is 14.6. The molecule has 20 heavy (non-hydrogen) atoms. The number of furan rings is 1. The van der Waals surface area contributed by atoms with Gasteiger partial charge in [-0.15, -0.1) is 0 Å². The molecule has 1 aromatic carbocycles. The molecule has 0 aliphatic heterocycles. The summed E-state index contributed by atoms with van der Waals surface area (Å²) in [5.74, 6) is 0.536. The molecular weight excluding hydrogens is 282 g/mol. The van der Waals surface area contributed by atoms with Crippen LogP contribution in [0, 0.1) is 0 Å². The maximum absolute atomic E-state index is 12.0. The van der Waals surface area contributed by atoms with E-state index in [1.54, 1.807) is 19.1 Å². The van der Waals surface area contributed by atoms with E-state index in [9.17, 15) is 13.5 Å². The van der Waals surface area contributed by atoms with Crippen LogP contribution in [0.1, 0.15) is 12.7 Å². The number of benzene rings is 1. The van der Waals surface area contributed by atoms with Crippen molar-refractivity contribution in [2.75, 3.05) is 6.61 Å². The predicted octanol–water partition coefficient (Wildman–Crippen LogP) is 1.86. The van der Waals surface area contributed by atoms with Gasteiger partial charge in [-0.05, 0) is 31.2 Å². The van der Waals surface area contributed by atoms with E-state index in [1.807, 2.05) is 0 Å². The number of sulfonamides is 1. The van der Waals surface area contributed by atoms with Gasteiger partial charge in [-0.1, -0.05) is 0 Å². The van der Waals surface area contributed by atoms with Gasteiger partial charge in [0.25, 0.3) is 0 Å². The van der Waals surface area contributed by atoms with E-state index in [4.69, 9.17) is 9.15 Å². The second kappa shape index (κ2) is 5.98. The molecule has 108 valence electrons. The first-order valence-corrected chi connectivity index (χ1v) is 7.49. The van der Waals surface area contributed by atoms with Crippen LogP contribution in [0.4, 0.5) is 0 Å². The summed E-state index contributed by atoms with van der Waals surface area (Å²) < 4.78 is 36.7. The van der Waals surface area contributed by atoms with Crippen LogP contribution in [0.15, 0.2) is 45.9 Å². The third kappa shape index (κ3) is 3.31. The molecule has 2 aromatic rings. The highest BCUT2D eigenvalue weighted by atomic mass is 32.2. The van der Waals surface area contributed by atoms with E-state index in [1.165, 1.54) is 18.4 Å². The summed E-state index contributed by atoms with van der Waals surface area (Å²) in [6, 6.07) is 7.27. The van der Waals surface area contributed by atoms with Gasteiger partial charge in [0.15, 0.2) is 11.5 Å². The van der Waals surface area contributed by atoms with Gasteiger partial charge >= 0.3 is 0 Å². The predicted molar refractivity (Wildman–Crippen MR) is 72.0 cm³/mol. The van der Waals surface area contributed by atoms with Crippen LogP contribution in [0.5, 0.6) is 11.5 Å². The molecule has 0 unspecified atom stereocenters. The fourth-order valence-electron chi connectivity index (χ4n) is 1.60. The molecule has 0 bridgehead atoms. The summed E-state index contributed by atoms with van der Waals surface area (Å²) in [5.41, 5.74) is 0. The molecule has 2 rings (SSSR count). The van der Waals surface area contributed by atoms with Gasteiger partial charge in [-0.3, -0.25) is 0 Å². The summed E-state index contributed by atoms with van der Waals surface area (Å²) in [4.78, 5) is -0.0370. The first kappa shape index (κ1) is 14.4. The van der Waals surface area contributed by atoms with E-state index in [0.29, 0.717) is 12.4 Å². The van der Waals surface area contributed by atoms with Crippen LogP contribution in [0.2, 0.25) is 0 Å². The minimum absolute atomic E-state index is 0.0370. The molecule has 0 amide bonds. The number of nitrogens with one attached hydrogen (secondary N) is 1. The Morgan fingerprint density at radius 2 is 2.15 bits per heavy atom. The van der Waals surface area contributed by atoms with E-state index in [-0.39, 0.29) is 22.9 Å². The second-order valence-corrected chi connectivity index (χ2v) is 5.73. The highest BCUT2D eigenvalue weighted by Crippen LogP contribution is 2.28. The van der Waals surface area contributed by atoms with E-state index in [2.05, 4.69) is 4.72 Å². The summed E-state index contributed by atoms with van der Waals surface area (Å²) in [5, 5.41) is 9.70. The van der Waals surface area contributed by atoms with Crippen LogP contribution in [0.3, 0.4) is 0 Å². The average Bonchev–Trinajstić information content (AvgIpc) is 2.92. The van der Waals surface area contributed by atoms with Gasteiger partial charge in [0.1, 0.15) is 5.76 Å². The molecule has 0 spiro atoms. The normalized spacial score (nSPS) is 11.4. The lowest BCUT2D eigenvalue weighted by Crippen LogP contribution is -2.22. The Labute approximate surface area is 117 Å². The molecule has 0 saturated carbocycles. The van der Waals surface area contributed by atoms with Crippen molar-refractivity contribution in [3.05, 3.63) is 42.4 Å². The zero-order valence-electron chi connectivity index (χ0n) is 10.9. The minimum atomic E-state index is -3.72. The third-order valence-corrected chi connectivity index (χ3v) is 3.96. The van der Waals surface area contributed by atoms with Crippen molar-refractivity contribution in [3.63, 3.8) is 0 Å².